The van der Waals surface area contributed by atoms with E-state index in [4.69, 9.17) is 8.53 Å². The van der Waals surface area contributed by atoms with Crippen LogP contribution < -0.4 is 0 Å². The van der Waals surface area contributed by atoms with Crippen LogP contribution in [0.2, 0.25) is 0 Å². The highest BCUT2D eigenvalue weighted by Crippen LogP contribution is 2.47. The number of hydrogen-bond acceptors (Lipinski definition) is 1. The third-order valence-electron chi connectivity index (χ3n) is 8.60. The Kier molecular flexibility index (Phi) is 4.63. The van der Waals surface area contributed by atoms with Gasteiger partial charge in [0.1, 0.15) is 11.2 Å². The average molecular weight is 550 g/mol. The second-order valence-electron chi connectivity index (χ2n) is 11.0. The summed E-state index contributed by atoms with van der Waals surface area (Å²) < 4.78 is 31.6. The molecule has 1 aromatic heterocycles. The summed E-state index contributed by atoms with van der Waals surface area (Å²) in [5.74, 6) is 0. The topological polar surface area (TPSA) is 13.1 Å². The van der Waals surface area contributed by atoms with Gasteiger partial charge in [-0.05, 0) is 90.0 Å². The fraction of sp³-hybridized carbons (Fsp3) is 0. The van der Waals surface area contributed by atoms with Crippen LogP contribution in [0.1, 0.15) is 4.11 Å². The minimum Gasteiger partial charge on any atom is -0.456 e. The summed E-state index contributed by atoms with van der Waals surface area (Å²) in [7, 11) is 0. The molecule has 0 N–H and O–H groups in total. The SMILES string of the molecule is [2H]c1cc([2H])c(-c2cccc(-c3c4ccccc4c(-c4cccc5oc6cc7ccccc7cc6c45)c4ccccc34)c2)c([2H])c1. The van der Waals surface area contributed by atoms with Crippen molar-refractivity contribution in [3.8, 4) is 33.4 Å². The van der Waals surface area contributed by atoms with Gasteiger partial charge in [0, 0.05) is 10.8 Å². The van der Waals surface area contributed by atoms with Crippen molar-refractivity contribution >= 4 is 54.3 Å². The predicted molar refractivity (Wildman–Crippen MR) is 183 cm³/mol. The molecule has 0 saturated carbocycles. The highest BCUT2D eigenvalue weighted by molar-refractivity contribution is 6.26. The molecule has 0 fully saturated rings. The minimum absolute atomic E-state index is 0.177. The van der Waals surface area contributed by atoms with Crippen LogP contribution in [0.25, 0.3) is 87.6 Å². The summed E-state index contributed by atoms with van der Waals surface area (Å²) in [6.45, 7) is 0. The summed E-state index contributed by atoms with van der Waals surface area (Å²) in [5, 5.41) is 9.09. The Balaban J connectivity index is 1.36. The van der Waals surface area contributed by atoms with E-state index in [-0.39, 0.29) is 18.1 Å². The summed E-state index contributed by atoms with van der Waals surface area (Å²) in [5.41, 5.74) is 7.51. The molecule has 0 bridgehead atoms. The largest absolute Gasteiger partial charge is 0.456 e. The van der Waals surface area contributed by atoms with Gasteiger partial charge in [-0.25, -0.2) is 0 Å². The number of hydrogen-bond donors (Lipinski definition) is 0. The predicted octanol–water partition coefficient (Wildman–Crippen LogP) is 12.0. The van der Waals surface area contributed by atoms with Crippen LogP contribution >= 0.6 is 0 Å². The van der Waals surface area contributed by atoms with Crippen molar-refractivity contribution in [3.63, 3.8) is 0 Å². The van der Waals surface area contributed by atoms with Crippen molar-refractivity contribution in [2.45, 2.75) is 0 Å². The highest BCUT2D eigenvalue weighted by Gasteiger charge is 2.20. The maximum absolute atomic E-state index is 8.56. The fourth-order valence-electron chi connectivity index (χ4n) is 6.76. The van der Waals surface area contributed by atoms with Crippen LogP contribution in [0, 0.1) is 0 Å². The van der Waals surface area contributed by atoms with Crippen molar-refractivity contribution in [1.29, 1.82) is 0 Å². The van der Waals surface area contributed by atoms with Crippen LogP contribution in [-0.2, 0) is 0 Å². The van der Waals surface area contributed by atoms with Crippen LogP contribution in [0.5, 0.6) is 0 Å². The maximum atomic E-state index is 8.56. The quantitative estimate of drug-likeness (QED) is 0.200. The first-order chi connectivity index (χ1) is 22.5. The van der Waals surface area contributed by atoms with Crippen LogP contribution in [0.3, 0.4) is 0 Å². The van der Waals surface area contributed by atoms with Crippen LogP contribution in [-0.4, -0.2) is 0 Å². The molecule has 0 amide bonds. The number of fused-ring (bicyclic) bond motifs is 6. The van der Waals surface area contributed by atoms with Gasteiger partial charge in [0.2, 0.25) is 0 Å². The van der Waals surface area contributed by atoms with Gasteiger partial charge in [0.05, 0.1) is 4.11 Å². The average Bonchev–Trinajstić information content (AvgIpc) is 3.43. The molecule has 0 atom stereocenters. The molecule has 8 aromatic carbocycles. The molecular formula is C42H26O. The molecule has 0 aliphatic heterocycles. The Morgan fingerprint density at radius 1 is 0.419 bits per heavy atom. The van der Waals surface area contributed by atoms with Gasteiger partial charge >= 0.3 is 0 Å². The highest BCUT2D eigenvalue weighted by atomic mass is 16.3. The Morgan fingerprint density at radius 2 is 1.02 bits per heavy atom. The summed E-state index contributed by atoms with van der Waals surface area (Å²) in [6.07, 6.45) is 0. The summed E-state index contributed by atoms with van der Waals surface area (Å²) in [6, 6.07) is 48.0. The molecule has 0 spiro atoms. The molecule has 9 rings (SSSR count). The molecule has 0 aliphatic carbocycles. The van der Waals surface area contributed by atoms with E-state index >= 15 is 0 Å². The van der Waals surface area contributed by atoms with Gasteiger partial charge in [-0.2, -0.15) is 0 Å². The van der Waals surface area contributed by atoms with Gasteiger partial charge in [-0.15, -0.1) is 0 Å². The number of furan rings is 1. The second-order valence-corrected chi connectivity index (χ2v) is 11.0. The lowest BCUT2D eigenvalue weighted by Crippen LogP contribution is -1.91. The normalized spacial score (nSPS) is 12.7. The first kappa shape index (κ1) is 21.1. The lowest BCUT2D eigenvalue weighted by Gasteiger charge is -2.18. The summed E-state index contributed by atoms with van der Waals surface area (Å²) >= 11 is 0. The Labute approximate surface area is 253 Å². The van der Waals surface area contributed by atoms with Crippen LogP contribution in [0.15, 0.2) is 162 Å². The van der Waals surface area contributed by atoms with E-state index in [9.17, 15) is 0 Å². The van der Waals surface area contributed by atoms with Crippen molar-refractivity contribution in [2.75, 3.05) is 0 Å². The zero-order valence-corrected chi connectivity index (χ0v) is 23.2. The van der Waals surface area contributed by atoms with E-state index in [2.05, 4.69) is 115 Å². The number of benzene rings is 8. The van der Waals surface area contributed by atoms with Gasteiger partial charge < -0.3 is 4.42 Å². The van der Waals surface area contributed by atoms with Crippen molar-refractivity contribution in [3.05, 3.63) is 158 Å². The smallest absolute Gasteiger partial charge is 0.136 e. The lowest BCUT2D eigenvalue weighted by molar-refractivity contribution is 0.669. The molecular weight excluding hydrogens is 520 g/mol. The van der Waals surface area contributed by atoms with E-state index in [1.807, 2.05) is 12.1 Å². The van der Waals surface area contributed by atoms with Gasteiger partial charge in [-0.3, -0.25) is 0 Å². The van der Waals surface area contributed by atoms with E-state index in [0.717, 1.165) is 71.1 Å². The fourth-order valence-corrected chi connectivity index (χ4v) is 6.76. The van der Waals surface area contributed by atoms with Gasteiger partial charge in [0.25, 0.3) is 0 Å². The maximum Gasteiger partial charge on any atom is 0.136 e. The molecule has 1 heteroatoms. The Bertz CT molecular complexity index is 2600. The monoisotopic (exact) mass is 549 g/mol. The summed E-state index contributed by atoms with van der Waals surface area (Å²) in [4.78, 5) is 0. The van der Waals surface area contributed by atoms with Crippen LogP contribution in [0.4, 0.5) is 0 Å². The molecule has 43 heavy (non-hydrogen) atoms. The molecule has 200 valence electrons. The third-order valence-corrected chi connectivity index (χ3v) is 8.60. The van der Waals surface area contributed by atoms with E-state index < -0.39 is 0 Å². The second kappa shape index (κ2) is 9.44. The Morgan fingerprint density at radius 3 is 1.74 bits per heavy atom. The molecule has 0 unspecified atom stereocenters. The van der Waals surface area contributed by atoms with Gasteiger partial charge in [0.15, 0.2) is 0 Å². The van der Waals surface area contributed by atoms with Crippen molar-refractivity contribution in [1.82, 2.24) is 0 Å². The zero-order chi connectivity index (χ0) is 30.9. The standard InChI is InChI=1S/C42H26O/c1-2-12-27(13-3-1)28-16-10-17-31(24-28)40-32-18-6-8-20-34(32)41(35-21-9-7-19-33(35)40)36-22-11-23-38-42(36)37-25-29-14-4-5-15-30(29)26-39(37)43-38/h1-26H/i1D,12D,13D. The van der Waals surface area contributed by atoms with E-state index in [1.54, 1.807) is 0 Å². The zero-order valence-electron chi connectivity index (χ0n) is 26.2. The molecule has 0 aliphatic rings. The number of rotatable bonds is 3. The Hall–Kier alpha value is -5.66. The lowest BCUT2D eigenvalue weighted by atomic mass is 9.84. The van der Waals surface area contributed by atoms with Crippen molar-refractivity contribution < 1.29 is 8.53 Å². The molecule has 0 radical (unpaired) electrons. The molecule has 1 heterocycles. The third kappa shape index (κ3) is 3.72. The van der Waals surface area contributed by atoms with Crippen molar-refractivity contribution in [2.24, 2.45) is 0 Å². The molecule has 0 saturated heterocycles. The molecule has 9 aromatic rings. The first-order valence-electron chi connectivity index (χ1n) is 16.0. The molecule has 1 nitrogen and oxygen atoms in total. The first-order valence-corrected chi connectivity index (χ1v) is 14.5. The van der Waals surface area contributed by atoms with Gasteiger partial charge in [-0.1, -0.05) is 133 Å². The van der Waals surface area contributed by atoms with E-state index in [0.29, 0.717) is 5.56 Å². The minimum atomic E-state index is 0.177. The van der Waals surface area contributed by atoms with E-state index in [1.165, 1.54) is 23.1 Å².